The van der Waals surface area contributed by atoms with E-state index in [1.807, 2.05) is 6.92 Å². The second-order valence-electron chi connectivity index (χ2n) is 3.72. The van der Waals surface area contributed by atoms with Gasteiger partial charge in [0.25, 0.3) is 0 Å². The van der Waals surface area contributed by atoms with Gasteiger partial charge in [0.1, 0.15) is 0 Å². The van der Waals surface area contributed by atoms with Gasteiger partial charge in [-0.1, -0.05) is 25.1 Å². The molecule has 0 saturated heterocycles. The average molecular weight is 245 g/mol. The first-order valence-electron chi connectivity index (χ1n) is 5.36. The molecule has 2 nitrogen and oxygen atoms in total. The van der Waals surface area contributed by atoms with Crippen LogP contribution < -0.4 is 5.32 Å². The molecule has 0 bridgehead atoms. The minimum absolute atomic E-state index is 0.0239. The lowest BCUT2D eigenvalue weighted by Crippen LogP contribution is -2.25. The predicted molar refractivity (Wildman–Crippen MR) is 58.4 cm³/mol. The molecular formula is C12H14F3NO. The maximum Gasteiger partial charge on any atom is 0.416 e. The molecule has 1 N–H and O–H groups in total. The van der Waals surface area contributed by atoms with Crippen molar-refractivity contribution >= 4 is 5.91 Å². The van der Waals surface area contributed by atoms with Crippen molar-refractivity contribution in [2.24, 2.45) is 0 Å². The number of rotatable bonds is 4. The van der Waals surface area contributed by atoms with Gasteiger partial charge in [-0.05, 0) is 18.1 Å². The fraction of sp³-hybridized carbons (Fsp3) is 0.417. The zero-order valence-electron chi connectivity index (χ0n) is 9.47. The number of amides is 1. The molecule has 0 radical (unpaired) electrons. The zero-order chi connectivity index (χ0) is 12.9. The Morgan fingerprint density at radius 2 is 2.06 bits per heavy atom. The van der Waals surface area contributed by atoms with Crippen LogP contribution in [0.15, 0.2) is 24.3 Å². The largest absolute Gasteiger partial charge is 0.416 e. The van der Waals surface area contributed by atoms with Gasteiger partial charge in [-0.3, -0.25) is 4.79 Å². The van der Waals surface area contributed by atoms with E-state index in [1.54, 1.807) is 0 Å². The van der Waals surface area contributed by atoms with Gasteiger partial charge in [0.15, 0.2) is 0 Å². The Balaban J connectivity index is 2.69. The lowest BCUT2D eigenvalue weighted by Gasteiger charge is -2.08. The van der Waals surface area contributed by atoms with Crippen molar-refractivity contribution in [1.29, 1.82) is 0 Å². The van der Waals surface area contributed by atoms with Crippen LogP contribution >= 0.6 is 0 Å². The number of hydrogen-bond donors (Lipinski definition) is 1. The number of hydrogen-bond acceptors (Lipinski definition) is 1. The summed E-state index contributed by atoms with van der Waals surface area (Å²) in [5, 5.41) is 2.62. The second-order valence-corrected chi connectivity index (χ2v) is 3.72. The van der Waals surface area contributed by atoms with Crippen LogP contribution in [0.5, 0.6) is 0 Å². The van der Waals surface area contributed by atoms with Crippen LogP contribution in [0.1, 0.15) is 24.5 Å². The Bertz CT molecular complexity index is 388. The van der Waals surface area contributed by atoms with Gasteiger partial charge < -0.3 is 5.32 Å². The van der Waals surface area contributed by atoms with Crippen molar-refractivity contribution in [2.75, 3.05) is 6.54 Å². The van der Waals surface area contributed by atoms with Gasteiger partial charge >= 0.3 is 6.18 Å². The van der Waals surface area contributed by atoms with Gasteiger partial charge in [0.2, 0.25) is 5.91 Å². The van der Waals surface area contributed by atoms with E-state index in [-0.39, 0.29) is 12.3 Å². The lowest BCUT2D eigenvalue weighted by molar-refractivity contribution is -0.137. The van der Waals surface area contributed by atoms with E-state index in [0.29, 0.717) is 12.1 Å². The Kier molecular flexibility index (Phi) is 4.54. The molecule has 0 aliphatic heterocycles. The van der Waals surface area contributed by atoms with Gasteiger partial charge in [0, 0.05) is 6.54 Å². The van der Waals surface area contributed by atoms with Crippen LogP contribution in [0.2, 0.25) is 0 Å². The Labute approximate surface area is 97.8 Å². The molecule has 0 fully saturated rings. The molecule has 0 aliphatic rings. The molecule has 1 aromatic rings. The molecule has 5 heteroatoms. The molecule has 94 valence electrons. The molecule has 0 unspecified atom stereocenters. The predicted octanol–water partition coefficient (Wildman–Crippen LogP) is 2.77. The first kappa shape index (κ1) is 13.5. The molecule has 0 heterocycles. The van der Waals surface area contributed by atoms with Gasteiger partial charge in [-0.25, -0.2) is 0 Å². The number of carbonyl (C=O) groups is 1. The summed E-state index contributed by atoms with van der Waals surface area (Å²) < 4.78 is 37.2. The highest BCUT2D eigenvalue weighted by Crippen LogP contribution is 2.29. The molecule has 0 atom stereocenters. The van der Waals surface area contributed by atoms with E-state index in [2.05, 4.69) is 5.32 Å². The summed E-state index contributed by atoms with van der Waals surface area (Å²) in [5.41, 5.74) is -0.355. The SMILES string of the molecule is CCCNC(=O)Cc1cccc(C(F)(F)F)c1. The average Bonchev–Trinajstić information content (AvgIpc) is 2.25. The van der Waals surface area contributed by atoms with E-state index in [0.717, 1.165) is 18.6 Å². The van der Waals surface area contributed by atoms with Crippen molar-refractivity contribution < 1.29 is 18.0 Å². The maximum absolute atomic E-state index is 12.4. The highest BCUT2D eigenvalue weighted by molar-refractivity contribution is 5.78. The normalized spacial score (nSPS) is 11.3. The molecule has 1 aromatic carbocycles. The van der Waals surface area contributed by atoms with E-state index in [9.17, 15) is 18.0 Å². The molecule has 17 heavy (non-hydrogen) atoms. The van der Waals surface area contributed by atoms with Crippen LogP contribution in [0.4, 0.5) is 13.2 Å². The summed E-state index contributed by atoms with van der Waals surface area (Å²) in [6.07, 6.45) is -3.59. The number of halogens is 3. The summed E-state index contributed by atoms with van der Waals surface area (Å²) in [5.74, 6) is -0.258. The molecule has 0 spiro atoms. The summed E-state index contributed by atoms with van der Waals surface area (Å²) in [6.45, 7) is 2.45. The van der Waals surface area contributed by atoms with Crippen LogP contribution in [0, 0.1) is 0 Å². The molecule has 1 amide bonds. The minimum atomic E-state index is -4.37. The Hall–Kier alpha value is -1.52. The summed E-state index contributed by atoms with van der Waals surface area (Å²) in [7, 11) is 0. The third-order valence-corrected chi connectivity index (χ3v) is 2.19. The molecular weight excluding hydrogens is 231 g/mol. The van der Waals surface area contributed by atoms with Crippen LogP contribution in [-0.4, -0.2) is 12.5 Å². The Morgan fingerprint density at radius 1 is 1.35 bits per heavy atom. The first-order valence-corrected chi connectivity index (χ1v) is 5.36. The fourth-order valence-electron chi connectivity index (χ4n) is 1.37. The quantitative estimate of drug-likeness (QED) is 0.868. The van der Waals surface area contributed by atoms with Crippen molar-refractivity contribution in [1.82, 2.24) is 5.32 Å². The van der Waals surface area contributed by atoms with Crippen LogP contribution in [0.3, 0.4) is 0 Å². The standard InChI is InChI=1S/C12H14F3NO/c1-2-6-16-11(17)8-9-4-3-5-10(7-9)12(13,14)15/h3-5,7H,2,6,8H2,1H3,(H,16,17). The van der Waals surface area contributed by atoms with Crippen molar-refractivity contribution in [3.05, 3.63) is 35.4 Å². The smallest absolute Gasteiger partial charge is 0.356 e. The van der Waals surface area contributed by atoms with E-state index < -0.39 is 11.7 Å². The molecule has 1 rings (SSSR count). The fourth-order valence-corrected chi connectivity index (χ4v) is 1.37. The molecule has 0 aromatic heterocycles. The van der Waals surface area contributed by atoms with E-state index in [4.69, 9.17) is 0 Å². The minimum Gasteiger partial charge on any atom is -0.356 e. The van der Waals surface area contributed by atoms with Gasteiger partial charge in [-0.15, -0.1) is 0 Å². The summed E-state index contributed by atoms with van der Waals surface area (Å²) in [6, 6.07) is 4.82. The highest BCUT2D eigenvalue weighted by Gasteiger charge is 2.30. The summed E-state index contributed by atoms with van der Waals surface area (Å²) >= 11 is 0. The number of benzene rings is 1. The Morgan fingerprint density at radius 3 is 2.65 bits per heavy atom. The number of alkyl halides is 3. The lowest BCUT2D eigenvalue weighted by atomic mass is 10.1. The third kappa shape index (κ3) is 4.46. The van der Waals surface area contributed by atoms with Crippen molar-refractivity contribution in [2.45, 2.75) is 25.9 Å². The number of carbonyl (C=O) groups excluding carboxylic acids is 1. The maximum atomic E-state index is 12.4. The van der Waals surface area contributed by atoms with Gasteiger partial charge in [0.05, 0.1) is 12.0 Å². The molecule has 0 aliphatic carbocycles. The monoisotopic (exact) mass is 245 g/mol. The topological polar surface area (TPSA) is 29.1 Å². The van der Waals surface area contributed by atoms with Crippen molar-refractivity contribution in [3.8, 4) is 0 Å². The first-order chi connectivity index (χ1) is 7.93. The molecule has 0 saturated carbocycles. The second kappa shape index (κ2) is 5.70. The zero-order valence-corrected chi connectivity index (χ0v) is 9.47. The number of nitrogens with one attached hydrogen (secondary N) is 1. The van der Waals surface area contributed by atoms with Crippen LogP contribution in [-0.2, 0) is 17.4 Å². The van der Waals surface area contributed by atoms with E-state index in [1.165, 1.54) is 12.1 Å². The van der Waals surface area contributed by atoms with E-state index >= 15 is 0 Å². The third-order valence-electron chi connectivity index (χ3n) is 2.19. The highest BCUT2D eigenvalue weighted by atomic mass is 19.4. The summed E-state index contributed by atoms with van der Waals surface area (Å²) in [4.78, 5) is 11.3. The van der Waals surface area contributed by atoms with Crippen molar-refractivity contribution in [3.63, 3.8) is 0 Å². The van der Waals surface area contributed by atoms with Crippen LogP contribution in [0.25, 0.3) is 0 Å². The van der Waals surface area contributed by atoms with Gasteiger partial charge in [-0.2, -0.15) is 13.2 Å².